The van der Waals surface area contributed by atoms with Crippen LogP contribution in [0.4, 0.5) is 4.39 Å². The second kappa shape index (κ2) is 11.7. The van der Waals surface area contributed by atoms with Gasteiger partial charge in [0, 0.05) is 12.6 Å². The number of carbonyl (C=O) groups is 2. The molecule has 8 heteroatoms. The van der Waals surface area contributed by atoms with E-state index in [9.17, 15) is 14.0 Å². The van der Waals surface area contributed by atoms with Crippen molar-refractivity contribution in [3.8, 4) is 11.5 Å². The summed E-state index contributed by atoms with van der Waals surface area (Å²) < 4.78 is 29.8. The van der Waals surface area contributed by atoms with E-state index in [0.717, 1.165) is 32.1 Å². The molecule has 1 fully saturated rings. The van der Waals surface area contributed by atoms with Crippen LogP contribution in [-0.4, -0.2) is 37.0 Å². The highest BCUT2D eigenvalue weighted by Gasteiger charge is 2.35. The molecule has 2 amide bonds. The van der Waals surface area contributed by atoms with Gasteiger partial charge < -0.3 is 24.1 Å². The quantitative estimate of drug-likeness (QED) is 0.438. The maximum absolute atomic E-state index is 13.9. The molecular weight excluding hydrogens is 463 g/mol. The lowest BCUT2D eigenvalue weighted by Crippen LogP contribution is -2.46. The van der Waals surface area contributed by atoms with Crippen LogP contribution in [-0.2, 0) is 11.3 Å². The Kier molecular flexibility index (Phi) is 8.25. The summed E-state index contributed by atoms with van der Waals surface area (Å²) in [5, 5.41) is 3.16. The lowest BCUT2D eigenvalue weighted by molar-refractivity contribution is -0.127. The van der Waals surface area contributed by atoms with E-state index in [4.69, 9.17) is 13.9 Å². The fourth-order valence-electron chi connectivity index (χ4n) is 4.63. The Morgan fingerprint density at radius 3 is 2.39 bits per heavy atom. The number of hydrogen-bond donors (Lipinski definition) is 1. The van der Waals surface area contributed by atoms with Gasteiger partial charge in [-0.2, -0.15) is 0 Å². The van der Waals surface area contributed by atoms with Crippen molar-refractivity contribution in [1.82, 2.24) is 10.2 Å². The first-order chi connectivity index (χ1) is 17.5. The largest absolute Gasteiger partial charge is 0.493 e. The van der Waals surface area contributed by atoms with Crippen molar-refractivity contribution in [2.45, 2.75) is 50.7 Å². The molecule has 0 saturated heterocycles. The third-order valence-corrected chi connectivity index (χ3v) is 6.49. The summed E-state index contributed by atoms with van der Waals surface area (Å²) in [6, 6.07) is 13.3. The van der Waals surface area contributed by atoms with Gasteiger partial charge in [0.15, 0.2) is 17.3 Å². The predicted octanol–water partition coefficient (Wildman–Crippen LogP) is 5.27. The standard InChI is InChI=1S/C28H31FN2O5/c1-34-23-15-12-20(17-25(23)35-2)26(27(32)30-22-7-4-3-5-8-22)31(28(33)24-9-6-16-36-24)18-19-10-13-21(29)14-11-19/h6,9-17,22,26H,3-5,7-8,18H2,1-2H3,(H,30,32)/t26-/m0/s1. The van der Waals surface area contributed by atoms with E-state index in [0.29, 0.717) is 22.6 Å². The molecule has 190 valence electrons. The number of carbonyl (C=O) groups excluding carboxylic acids is 2. The Morgan fingerprint density at radius 2 is 1.75 bits per heavy atom. The van der Waals surface area contributed by atoms with Crippen LogP contribution in [0.15, 0.2) is 65.3 Å². The minimum absolute atomic E-state index is 0.0419. The van der Waals surface area contributed by atoms with Crippen molar-refractivity contribution in [1.29, 1.82) is 0 Å². The zero-order valence-electron chi connectivity index (χ0n) is 20.5. The number of hydrogen-bond acceptors (Lipinski definition) is 5. The fraction of sp³-hybridized carbons (Fsp3) is 0.357. The van der Waals surface area contributed by atoms with Crippen molar-refractivity contribution in [3.05, 3.63) is 83.6 Å². The summed E-state index contributed by atoms with van der Waals surface area (Å²) in [5.41, 5.74) is 1.23. The van der Waals surface area contributed by atoms with Crippen LogP contribution in [0.1, 0.15) is 59.8 Å². The van der Waals surface area contributed by atoms with E-state index in [1.165, 1.54) is 37.5 Å². The summed E-state index contributed by atoms with van der Waals surface area (Å²) in [6.45, 7) is 0.0664. The SMILES string of the molecule is COc1ccc([C@@H](C(=O)NC2CCCCC2)N(Cc2ccc(F)cc2)C(=O)c2ccco2)cc1OC. The van der Waals surface area contributed by atoms with Crippen LogP contribution in [0.5, 0.6) is 11.5 Å². The maximum Gasteiger partial charge on any atom is 0.290 e. The van der Waals surface area contributed by atoms with Crippen molar-refractivity contribution in [2.75, 3.05) is 14.2 Å². The Balaban J connectivity index is 1.77. The van der Waals surface area contributed by atoms with Crippen LogP contribution >= 0.6 is 0 Å². The predicted molar refractivity (Wildman–Crippen MR) is 132 cm³/mol. The Hall–Kier alpha value is -3.81. The second-order valence-electron chi connectivity index (χ2n) is 8.90. The molecule has 1 saturated carbocycles. The molecule has 4 rings (SSSR count). The maximum atomic E-state index is 13.9. The molecule has 0 spiro atoms. The van der Waals surface area contributed by atoms with Gasteiger partial charge in [0.25, 0.3) is 5.91 Å². The smallest absolute Gasteiger partial charge is 0.290 e. The van der Waals surface area contributed by atoms with Crippen LogP contribution in [0.2, 0.25) is 0 Å². The van der Waals surface area contributed by atoms with Crippen LogP contribution in [0.25, 0.3) is 0 Å². The van der Waals surface area contributed by atoms with Crippen LogP contribution in [0, 0.1) is 5.82 Å². The number of amides is 2. The van der Waals surface area contributed by atoms with Gasteiger partial charge >= 0.3 is 0 Å². The molecule has 0 radical (unpaired) electrons. The third-order valence-electron chi connectivity index (χ3n) is 6.49. The zero-order chi connectivity index (χ0) is 25.5. The number of furan rings is 1. The van der Waals surface area contributed by atoms with Gasteiger partial charge in [-0.25, -0.2) is 4.39 Å². The Labute approximate surface area is 210 Å². The fourth-order valence-corrected chi connectivity index (χ4v) is 4.63. The summed E-state index contributed by atoms with van der Waals surface area (Å²) in [5.74, 6) is -0.0750. The van der Waals surface area contributed by atoms with E-state index in [-0.39, 0.29) is 30.1 Å². The molecule has 36 heavy (non-hydrogen) atoms. The van der Waals surface area contributed by atoms with Crippen molar-refractivity contribution in [3.63, 3.8) is 0 Å². The van der Waals surface area contributed by atoms with Crippen molar-refractivity contribution < 1.29 is 27.9 Å². The first-order valence-corrected chi connectivity index (χ1v) is 12.1. The normalized spacial score (nSPS) is 14.6. The van der Waals surface area contributed by atoms with E-state index >= 15 is 0 Å². The van der Waals surface area contributed by atoms with Gasteiger partial charge in [-0.3, -0.25) is 9.59 Å². The zero-order valence-corrected chi connectivity index (χ0v) is 20.5. The lowest BCUT2D eigenvalue weighted by Gasteiger charge is -2.33. The molecule has 1 N–H and O–H groups in total. The highest BCUT2D eigenvalue weighted by atomic mass is 19.1. The highest BCUT2D eigenvalue weighted by Crippen LogP contribution is 2.34. The Bertz CT molecular complexity index is 1160. The average Bonchev–Trinajstić information content (AvgIpc) is 3.44. The number of nitrogens with zero attached hydrogens (tertiary/aromatic N) is 1. The molecule has 2 aromatic carbocycles. The summed E-state index contributed by atoms with van der Waals surface area (Å²) in [6.07, 6.45) is 6.46. The number of halogens is 1. The molecule has 1 heterocycles. The van der Waals surface area contributed by atoms with Crippen LogP contribution < -0.4 is 14.8 Å². The molecule has 0 aliphatic heterocycles. The molecule has 7 nitrogen and oxygen atoms in total. The van der Waals surface area contributed by atoms with Gasteiger partial charge in [0.1, 0.15) is 11.9 Å². The van der Waals surface area contributed by atoms with E-state index < -0.39 is 11.9 Å². The number of ether oxygens (including phenoxy) is 2. The van der Waals surface area contributed by atoms with Crippen LogP contribution in [0.3, 0.4) is 0 Å². The second-order valence-corrected chi connectivity index (χ2v) is 8.90. The molecule has 3 aromatic rings. The first kappa shape index (κ1) is 25.3. The highest BCUT2D eigenvalue weighted by molar-refractivity contribution is 5.96. The molecule has 0 bridgehead atoms. The van der Waals surface area contributed by atoms with Gasteiger partial charge in [0.2, 0.25) is 5.91 Å². The average molecular weight is 495 g/mol. The Morgan fingerprint density at radius 1 is 1.03 bits per heavy atom. The molecule has 1 aromatic heterocycles. The number of rotatable bonds is 9. The van der Waals surface area contributed by atoms with Gasteiger partial charge in [-0.05, 0) is 60.4 Å². The molecule has 1 atom stereocenters. The van der Waals surface area contributed by atoms with E-state index in [1.807, 2.05) is 0 Å². The topological polar surface area (TPSA) is 81.0 Å². The first-order valence-electron chi connectivity index (χ1n) is 12.1. The number of methoxy groups -OCH3 is 2. The minimum atomic E-state index is -0.991. The molecule has 1 aliphatic carbocycles. The van der Waals surface area contributed by atoms with E-state index in [2.05, 4.69) is 5.32 Å². The number of benzene rings is 2. The monoisotopic (exact) mass is 494 g/mol. The molecular formula is C28H31FN2O5. The third kappa shape index (κ3) is 5.87. The summed E-state index contributed by atoms with van der Waals surface area (Å²) in [7, 11) is 3.05. The summed E-state index contributed by atoms with van der Waals surface area (Å²) >= 11 is 0. The van der Waals surface area contributed by atoms with Gasteiger partial charge in [-0.15, -0.1) is 0 Å². The minimum Gasteiger partial charge on any atom is -0.493 e. The van der Waals surface area contributed by atoms with Gasteiger partial charge in [-0.1, -0.05) is 37.5 Å². The summed E-state index contributed by atoms with van der Waals surface area (Å²) in [4.78, 5) is 29.0. The van der Waals surface area contributed by atoms with Crippen molar-refractivity contribution in [2.24, 2.45) is 0 Å². The molecule has 1 aliphatic rings. The molecule has 0 unspecified atom stereocenters. The van der Waals surface area contributed by atoms with E-state index in [1.54, 1.807) is 42.5 Å². The van der Waals surface area contributed by atoms with Crippen molar-refractivity contribution >= 4 is 11.8 Å². The number of nitrogens with one attached hydrogen (secondary N) is 1. The van der Waals surface area contributed by atoms with Gasteiger partial charge in [0.05, 0.1) is 20.5 Å². The lowest BCUT2D eigenvalue weighted by atomic mass is 9.94.